The SMILES string of the molecule is Fc1ccc(COc2ccc(CNCCCn3ccnc3)cc2)c(Cl)c1. The second-order valence-electron chi connectivity index (χ2n) is 6.00. The van der Waals surface area contributed by atoms with Crippen LogP contribution in [0.5, 0.6) is 5.75 Å². The van der Waals surface area contributed by atoms with E-state index in [0.717, 1.165) is 37.4 Å². The molecule has 0 saturated carbocycles. The highest BCUT2D eigenvalue weighted by molar-refractivity contribution is 6.31. The lowest BCUT2D eigenvalue weighted by Crippen LogP contribution is -2.16. The van der Waals surface area contributed by atoms with Crippen LogP contribution in [-0.2, 0) is 19.7 Å². The largest absolute Gasteiger partial charge is 0.489 e. The van der Waals surface area contributed by atoms with E-state index in [1.165, 1.54) is 17.7 Å². The van der Waals surface area contributed by atoms with Gasteiger partial charge in [0.2, 0.25) is 0 Å². The Balaban J connectivity index is 1.39. The summed E-state index contributed by atoms with van der Waals surface area (Å²) in [5.74, 6) is 0.412. The number of hydrogen-bond acceptors (Lipinski definition) is 3. The van der Waals surface area contributed by atoms with E-state index >= 15 is 0 Å². The molecule has 136 valence electrons. The quantitative estimate of drug-likeness (QED) is 0.564. The van der Waals surface area contributed by atoms with Gasteiger partial charge < -0.3 is 14.6 Å². The van der Waals surface area contributed by atoms with Gasteiger partial charge in [-0.1, -0.05) is 29.8 Å². The van der Waals surface area contributed by atoms with Crippen molar-refractivity contribution in [3.8, 4) is 5.75 Å². The van der Waals surface area contributed by atoms with Crippen molar-refractivity contribution in [2.45, 2.75) is 26.1 Å². The molecule has 4 nitrogen and oxygen atoms in total. The number of ether oxygens (including phenoxy) is 1. The maximum absolute atomic E-state index is 13.0. The van der Waals surface area contributed by atoms with Crippen molar-refractivity contribution in [1.29, 1.82) is 0 Å². The first-order valence-corrected chi connectivity index (χ1v) is 8.90. The molecule has 1 heterocycles. The smallest absolute Gasteiger partial charge is 0.124 e. The summed E-state index contributed by atoms with van der Waals surface area (Å²) >= 11 is 6.00. The number of aromatic nitrogens is 2. The highest BCUT2D eigenvalue weighted by Crippen LogP contribution is 2.20. The summed E-state index contributed by atoms with van der Waals surface area (Å²) in [4.78, 5) is 4.03. The van der Waals surface area contributed by atoms with Crippen molar-refractivity contribution < 1.29 is 9.13 Å². The molecule has 0 aliphatic rings. The van der Waals surface area contributed by atoms with Crippen LogP contribution in [0.15, 0.2) is 61.2 Å². The van der Waals surface area contributed by atoms with Crippen molar-refractivity contribution in [2.75, 3.05) is 6.54 Å². The molecule has 2 aromatic carbocycles. The second-order valence-corrected chi connectivity index (χ2v) is 6.41. The molecule has 3 aromatic rings. The zero-order valence-corrected chi connectivity index (χ0v) is 15.1. The van der Waals surface area contributed by atoms with Crippen LogP contribution in [-0.4, -0.2) is 16.1 Å². The molecule has 0 amide bonds. The molecule has 26 heavy (non-hydrogen) atoms. The van der Waals surface area contributed by atoms with Gasteiger partial charge in [-0.15, -0.1) is 0 Å². The fourth-order valence-corrected chi connectivity index (χ4v) is 2.76. The Morgan fingerprint density at radius 3 is 2.73 bits per heavy atom. The maximum atomic E-state index is 13.0. The van der Waals surface area contributed by atoms with Crippen LogP contribution in [0, 0.1) is 5.82 Å². The van der Waals surface area contributed by atoms with Crippen molar-refractivity contribution in [3.05, 3.63) is 83.2 Å². The molecule has 1 N–H and O–H groups in total. The van der Waals surface area contributed by atoms with E-state index in [9.17, 15) is 4.39 Å². The van der Waals surface area contributed by atoms with Crippen LogP contribution >= 0.6 is 11.6 Å². The van der Waals surface area contributed by atoms with Crippen LogP contribution in [0.2, 0.25) is 5.02 Å². The Morgan fingerprint density at radius 2 is 2.00 bits per heavy atom. The summed E-state index contributed by atoms with van der Waals surface area (Å²) in [5.41, 5.74) is 1.96. The van der Waals surface area contributed by atoms with Crippen LogP contribution in [0.25, 0.3) is 0 Å². The Kier molecular flexibility index (Phi) is 6.63. The van der Waals surface area contributed by atoms with E-state index in [1.807, 2.05) is 36.8 Å². The molecule has 0 atom stereocenters. The monoisotopic (exact) mass is 373 g/mol. The zero-order chi connectivity index (χ0) is 18.2. The van der Waals surface area contributed by atoms with Gasteiger partial charge >= 0.3 is 0 Å². The van der Waals surface area contributed by atoms with E-state index in [-0.39, 0.29) is 5.82 Å². The minimum absolute atomic E-state index is 0.310. The molecule has 0 saturated heterocycles. The molecule has 0 radical (unpaired) electrons. The van der Waals surface area contributed by atoms with E-state index in [4.69, 9.17) is 16.3 Å². The van der Waals surface area contributed by atoms with Gasteiger partial charge in [0, 0.05) is 31.0 Å². The average molecular weight is 374 g/mol. The molecule has 0 spiro atoms. The summed E-state index contributed by atoms with van der Waals surface area (Å²) < 4.78 is 20.8. The Bertz CT molecular complexity index is 806. The van der Waals surface area contributed by atoms with E-state index < -0.39 is 0 Å². The fraction of sp³-hybridized carbons (Fsp3) is 0.250. The third-order valence-electron chi connectivity index (χ3n) is 3.99. The van der Waals surface area contributed by atoms with Gasteiger partial charge in [-0.25, -0.2) is 9.37 Å². The number of halogens is 2. The Labute approximate surface area is 157 Å². The molecular weight excluding hydrogens is 353 g/mol. The van der Waals surface area contributed by atoms with Gasteiger partial charge in [-0.05, 0) is 42.8 Å². The first-order chi connectivity index (χ1) is 12.7. The lowest BCUT2D eigenvalue weighted by Gasteiger charge is -2.09. The third kappa shape index (κ3) is 5.58. The molecule has 1 aromatic heterocycles. The molecule has 3 rings (SSSR count). The predicted octanol–water partition coefficient (Wildman–Crippen LogP) is 4.43. The third-order valence-corrected chi connectivity index (χ3v) is 4.34. The van der Waals surface area contributed by atoms with Crippen molar-refractivity contribution in [1.82, 2.24) is 14.9 Å². The summed E-state index contributed by atoms with van der Waals surface area (Å²) in [6, 6.07) is 12.2. The first kappa shape index (κ1) is 18.4. The maximum Gasteiger partial charge on any atom is 0.124 e. The lowest BCUT2D eigenvalue weighted by atomic mass is 10.2. The number of imidazole rings is 1. The molecule has 6 heteroatoms. The average Bonchev–Trinajstić information content (AvgIpc) is 3.15. The highest BCUT2D eigenvalue weighted by atomic mass is 35.5. The summed E-state index contributed by atoms with van der Waals surface area (Å²) in [7, 11) is 0. The van der Waals surface area contributed by atoms with Crippen molar-refractivity contribution in [2.24, 2.45) is 0 Å². The fourth-order valence-electron chi connectivity index (χ4n) is 2.54. The van der Waals surface area contributed by atoms with Gasteiger partial charge in [-0.3, -0.25) is 0 Å². The van der Waals surface area contributed by atoms with Gasteiger partial charge in [0.25, 0.3) is 0 Å². The number of rotatable bonds is 9. The second kappa shape index (κ2) is 9.36. The minimum Gasteiger partial charge on any atom is -0.489 e. The van der Waals surface area contributed by atoms with Gasteiger partial charge in [-0.2, -0.15) is 0 Å². The zero-order valence-electron chi connectivity index (χ0n) is 14.4. The van der Waals surface area contributed by atoms with Crippen molar-refractivity contribution in [3.63, 3.8) is 0 Å². The standard InChI is InChI=1S/C20H21ClFN3O/c21-20-12-18(22)5-4-17(20)14-26-19-6-2-16(3-7-19)13-23-8-1-10-25-11-9-24-15-25/h2-7,9,11-12,15,23H,1,8,10,13-14H2. The van der Waals surface area contributed by atoms with Crippen LogP contribution in [0.4, 0.5) is 4.39 Å². The molecule has 0 unspecified atom stereocenters. The number of benzene rings is 2. The summed E-state index contributed by atoms with van der Waals surface area (Å²) in [6.45, 7) is 3.03. The molecular formula is C20H21ClFN3O. The molecule has 0 fully saturated rings. The molecule has 0 bridgehead atoms. The predicted molar refractivity (Wildman–Crippen MR) is 101 cm³/mol. The Morgan fingerprint density at radius 1 is 1.15 bits per heavy atom. The van der Waals surface area contributed by atoms with Gasteiger partial charge in [0.05, 0.1) is 11.3 Å². The highest BCUT2D eigenvalue weighted by Gasteiger charge is 2.03. The van der Waals surface area contributed by atoms with E-state index in [2.05, 4.69) is 14.9 Å². The number of nitrogens with zero attached hydrogens (tertiary/aromatic N) is 2. The van der Waals surface area contributed by atoms with E-state index in [0.29, 0.717) is 11.6 Å². The number of nitrogens with one attached hydrogen (secondary N) is 1. The first-order valence-electron chi connectivity index (χ1n) is 8.53. The number of aryl methyl sites for hydroxylation is 1. The summed E-state index contributed by atoms with van der Waals surface area (Å²) in [6.07, 6.45) is 6.65. The minimum atomic E-state index is -0.347. The van der Waals surface area contributed by atoms with Crippen LogP contribution in [0.3, 0.4) is 0 Å². The summed E-state index contributed by atoms with van der Waals surface area (Å²) in [5, 5.41) is 3.80. The lowest BCUT2D eigenvalue weighted by molar-refractivity contribution is 0.306. The van der Waals surface area contributed by atoms with Crippen LogP contribution in [0.1, 0.15) is 17.5 Å². The Hall–Kier alpha value is -2.37. The van der Waals surface area contributed by atoms with Gasteiger partial charge in [0.15, 0.2) is 0 Å². The number of hydrogen-bond donors (Lipinski definition) is 1. The topological polar surface area (TPSA) is 39.1 Å². The normalized spacial score (nSPS) is 10.8. The van der Waals surface area contributed by atoms with Crippen molar-refractivity contribution >= 4 is 11.6 Å². The van der Waals surface area contributed by atoms with Crippen LogP contribution < -0.4 is 10.1 Å². The molecule has 0 aliphatic heterocycles. The molecule has 0 aliphatic carbocycles. The van der Waals surface area contributed by atoms with E-state index in [1.54, 1.807) is 12.3 Å². The van der Waals surface area contributed by atoms with Gasteiger partial charge in [0.1, 0.15) is 18.2 Å².